The maximum Gasteiger partial charge on any atom is 0.234 e. The number of anilines is 1. The SMILES string of the molecule is Cc1c(N)cnc(Oc2ccc3c(c2)OCO3)c1Br. The Balaban J connectivity index is 1.91. The molecular weight excluding hydrogens is 312 g/mol. The van der Waals surface area contributed by atoms with Gasteiger partial charge in [0.2, 0.25) is 12.7 Å². The molecule has 2 N–H and O–H groups in total. The van der Waals surface area contributed by atoms with Gasteiger partial charge in [0.1, 0.15) is 5.75 Å². The normalized spacial score (nSPS) is 12.5. The molecule has 1 aliphatic rings. The zero-order valence-electron chi connectivity index (χ0n) is 10.1. The molecule has 98 valence electrons. The van der Waals surface area contributed by atoms with Crippen LogP contribution in [0.3, 0.4) is 0 Å². The minimum atomic E-state index is 0.238. The second kappa shape index (κ2) is 4.62. The van der Waals surface area contributed by atoms with Crippen LogP contribution in [-0.4, -0.2) is 11.8 Å². The molecule has 0 saturated heterocycles. The first-order chi connectivity index (χ1) is 9.15. The Kier molecular flexibility index (Phi) is 2.94. The number of fused-ring (bicyclic) bond motifs is 1. The van der Waals surface area contributed by atoms with Gasteiger partial charge in [-0.25, -0.2) is 4.98 Å². The maximum absolute atomic E-state index is 5.77. The van der Waals surface area contributed by atoms with Gasteiger partial charge < -0.3 is 19.9 Å². The second-order valence-corrected chi connectivity index (χ2v) is 4.87. The van der Waals surface area contributed by atoms with Crippen LogP contribution in [0, 0.1) is 6.92 Å². The Hall–Kier alpha value is -1.95. The van der Waals surface area contributed by atoms with Gasteiger partial charge in [-0.2, -0.15) is 0 Å². The van der Waals surface area contributed by atoms with Crippen LogP contribution < -0.4 is 19.9 Å². The number of rotatable bonds is 2. The van der Waals surface area contributed by atoms with E-state index in [1.807, 2.05) is 6.92 Å². The minimum absolute atomic E-state index is 0.238. The van der Waals surface area contributed by atoms with Crippen molar-refractivity contribution in [1.29, 1.82) is 0 Å². The molecule has 0 spiro atoms. The molecule has 0 fully saturated rings. The molecule has 1 aliphatic heterocycles. The van der Waals surface area contributed by atoms with Gasteiger partial charge in [-0.3, -0.25) is 0 Å². The number of nitrogen functional groups attached to an aromatic ring is 1. The molecule has 0 saturated carbocycles. The van der Waals surface area contributed by atoms with Crippen molar-refractivity contribution in [3.8, 4) is 23.1 Å². The number of hydrogen-bond donors (Lipinski definition) is 1. The number of halogens is 1. The summed E-state index contributed by atoms with van der Waals surface area (Å²) in [6, 6.07) is 5.37. The van der Waals surface area contributed by atoms with E-state index in [2.05, 4.69) is 20.9 Å². The molecule has 0 bridgehead atoms. The highest BCUT2D eigenvalue weighted by atomic mass is 79.9. The summed E-state index contributed by atoms with van der Waals surface area (Å²) in [6.45, 7) is 2.13. The van der Waals surface area contributed by atoms with E-state index >= 15 is 0 Å². The van der Waals surface area contributed by atoms with Crippen molar-refractivity contribution >= 4 is 21.6 Å². The first-order valence-corrected chi connectivity index (χ1v) is 6.42. The fourth-order valence-electron chi connectivity index (χ4n) is 1.69. The maximum atomic E-state index is 5.77. The third kappa shape index (κ3) is 2.19. The van der Waals surface area contributed by atoms with Gasteiger partial charge >= 0.3 is 0 Å². The molecule has 2 heterocycles. The van der Waals surface area contributed by atoms with Crippen molar-refractivity contribution in [2.24, 2.45) is 0 Å². The first kappa shape index (κ1) is 12.1. The summed E-state index contributed by atoms with van der Waals surface area (Å²) in [5.74, 6) is 2.47. The van der Waals surface area contributed by atoms with Crippen molar-refractivity contribution in [3.63, 3.8) is 0 Å². The minimum Gasteiger partial charge on any atom is -0.454 e. The van der Waals surface area contributed by atoms with Crippen molar-refractivity contribution < 1.29 is 14.2 Å². The van der Waals surface area contributed by atoms with Crippen LogP contribution in [0.15, 0.2) is 28.9 Å². The molecule has 1 aromatic carbocycles. The number of nitrogens with zero attached hydrogens (tertiary/aromatic N) is 1. The summed E-state index contributed by atoms with van der Waals surface area (Å²) in [4.78, 5) is 4.16. The zero-order chi connectivity index (χ0) is 13.4. The highest BCUT2D eigenvalue weighted by molar-refractivity contribution is 9.10. The Morgan fingerprint density at radius 2 is 2.11 bits per heavy atom. The summed E-state index contributed by atoms with van der Waals surface area (Å²) in [5, 5.41) is 0. The van der Waals surface area contributed by atoms with Crippen molar-refractivity contribution in [1.82, 2.24) is 4.98 Å². The molecule has 0 atom stereocenters. The van der Waals surface area contributed by atoms with Gasteiger partial charge in [0.25, 0.3) is 0 Å². The van der Waals surface area contributed by atoms with E-state index < -0.39 is 0 Å². The topological polar surface area (TPSA) is 66.6 Å². The zero-order valence-corrected chi connectivity index (χ0v) is 11.7. The molecule has 2 aromatic rings. The lowest BCUT2D eigenvalue weighted by atomic mass is 10.2. The summed E-state index contributed by atoms with van der Waals surface area (Å²) in [6.07, 6.45) is 1.57. The molecule has 0 unspecified atom stereocenters. The van der Waals surface area contributed by atoms with E-state index in [0.29, 0.717) is 28.8 Å². The molecule has 5 nitrogen and oxygen atoms in total. The van der Waals surface area contributed by atoms with Crippen molar-refractivity contribution in [3.05, 3.63) is 34.4 Å². The van der Waals surface area contributed by atoms with Gasteiger partial charge in [-0.15, -0.1) is 0 Å². The van der Waals surface area contributed by atoms with Crippen LogP contribution in [0.5, 0.6) is 23.1 Å². The van der Waals surface area contributed by atoms with Gasteiger partial charge in [0, 0.05) is 6.07 Å². The number of hydrogen-bond acceptors (Lipinski definition) is 5. The average molecular weight is 323 g/mol. The fraction of sp³-hybridized carbons (Fsp3) is 0.154. The predicted molar refractivity (Wildman–Crippen MR) is 73.7 cm³/mol. The first-order valence-electron chi connectivity index (χ1n) is 5.63. The van der Waals surface area contributed by atoms with Gasteiger partial charge in [0.15, 0.2) is 11.5 Å². The van der Waals surface area contributed by atoms with E-state index in [1.165, 1.54) is 0 Å². The Morgan fingerprint density at radius 1 is 1.32 bits per heavy atom. The van der Waals surface area contributed by atoms with Crippen LogP contribution in [0.25, 0.3) is 0 Å². The fourth-order valence-corrected chi connectivity index (χ4v) is 2.10. The lowest BCUT2D eigenvalue weighted by molar-refractivity contribution is 0.174. The summed E-state index contributed by atoms with van der Waals surface area (Å²) in [5.41, 5.74) is 7.28. The van der Waals surface area contributed by atoms with Crippen molar-refractivity contribution in [2.45, 2.75) is 6.92 Å². The lowest BCUT2D eigenvalue weighted by Crippen LogP contribution is -1.96. The Labute approximate surface area is 118 Å². The van der Waals surface area contributed by atoms with E-state index in [9.17, 15) is 0 Å². The van der Waals surface area contributed by atoms with E-state index in [0.717, 1.165) is 10.0 Å². The van der Waals surface area contributed by atoms with Gasteiger partial charge in [-0.05, 0) is 40.5 Å². The largest absolute Gasteiger partial charge is 0.454 e. The molecule has 6 heteroatoms. The molecular formula is C13H11BrN2O3. The van der Waals surface area contributed by atoms with Crippen LogP contribution in [-0.2, 0) is 0 Å². The van der Waals surface area contributed by atoms with Crippen LogP contribution >= 0.6 is 15.9 Å². The molecule has 1 aromatic heterocycles. The second-order valence-electron chi connectivity index (χ2n) is 4.07. The van der Waals surface area contributed by atoms with Crippen LogP contribution in [0.4, 0.5) is 5.69 Å². The number of aromatic nitrogens is 1. The summed E-state index contributed by atoms with van der Waals surface area (Å²) >= 11 is 3.43. The van der Waals surface area contributed by atoms with Crippen LogP contribution in [0.1, 0.15) is 5.56 Å². The third-order valence-electron chi connectivity index (χ3n) is 2.83. The van der Waals surface area contributed by atoms with E-state index in [1.54, 1.807) is 24.4 Å². The summed E-state index contributed by atoms with van der Waals surface area (Å²) in [7, 11) is 0. The van der Waals surface area contributed by atoms with Crippen LogP contribution in [0.2, 0.25) is 0 Å². The number of benzene rings is 1. The van der Waals surface area contributed by atoms with Gasteiger partial charge in [-0.1, -0.05) is 0 Å². The molecule has 3 rings (SSSR count). The monoisotopic (exact) mass is 322 g/mol. The number of pyridine rings is 1. The number of ether oxygens (including phenoxy) is 3. The smallest absolute Gasteiger partial charge is 0.234 e. The summed E-state index contributed by atoms with van der Waals surface area (Å²) < 4.78 is 17.0. The molecule has 19 heavy (non-hydrogen) atoms. The third-order valence-corrected chi connectivity index (χ3v) is 3.76. The highest BCUT2D eigenvalue weighted by Crippen LogP contribution is 2.38. The molecule has 0 aliphatic carbocycles. The van der Waals surface area contributed by atoms with Gasteiger partial charge in [0.05, 0.1) is 16.4 Å². The molecule has 0 amide bonds. The molecule has 0 radical (unpaired) electrons. The number of nitrogens with two attached hydrogens (primary N) is 1. The Bertz CT molecular complexity index is 646. The standard InChI is InChI=1S/C13H11BrN2O3/c1-7-9(15)5-16-13(12(7)14)19-8-2-3-10-11(4-8)18-6-17-10/h2-5H,6,15H2,1H3. The highest BCUT2D eigenvalue weighted by Gasteiger charge is 2.15. The lowest BCUT2D eigenvalue weighted by Gasteiger charge is -2.10. The van der Waals surface area contributed by atoms with E-state index in [-0.39, 0.29) is 6.79 Å². The van der Waals surface area contributed by atoms with Crippen molar-refractivity contribution in [2.75, 3.05) is 12.5 Å². The predicted octanol–water partition coefficient (Wildman–Crippen LogP) is 3.26. The Morgan fingerprint density at radius 3 is 2.95 bits per heavy atom. The van der Waals surface area contributed by atoms with E-state index in [4.69, 9.17) is 19.9 Å². The quantitative estimate of drug-likeness (QED) is 0.919. The average Bonchev–Trinajstić information content (AvgIpc) is 2.87.